The van der Waals surface area contributed by atoms with Crippen LogP contribution in [0.15, 0.2) is 33.5 Å². The Morgan fingerprint density at radius 1 is 1.24 bits per heavy atom. The van der Waals surface area contributed by atoms with Gasteiger partial charge in [0.15, 0.2) is 17.6 Å². The van der Waals surface area contributed by atoms with E-state index in [0.717, 1.165) is 29.7 Å². The van der Waals surface area contributed by atoms with Crippen LogP contribution in [0.2, 0.25) is 5.02 Å². The van der Waals surface area contributed by atoms with Gasteiger partial charge in [0.25, 0.3) is 5.91 Å². The van der Waals surface area contributed by atoms with Crippen molar-refractivity contribution in [2.24, 2.45) is 0 Å². The lowest BCUT2D eigenvalue weighted by molar-refractivity contribution is -0.220. The van der Waals surface area contributed by atoms with Crippen LogP contribution < -0.4 is 10.4 Å². The number of esters is 1. The van der Waals surface area contributed by atoms with Crippen molar-refractivity contribution in [3.63, 3.8) is 0 Å². The highest BCUT2D eigenvalue weighted by Crippen LogP contribution is 2.36. The summed E-state index contributed by atoms with van der Waals surface area (Å²) in [5, 5.41) is 10.5. The summed E-state index contributed by atoms with van der Waals surface area (Å²) in [5.41, 5.74) is -0.842. The fourth-order valence-electron chi connectivity index (χ4n) is 3.90. The lowest BCUT2D eigenvalue weighted by Crippen LogP contribution is -2.35. The molecule has 37 heavy (non-hydrogen) atoms. The molecule has 1 unspecified atom stereocenters. The van der Waals surface area contributed by atoms with Crippen LogP contribution in [-0.4, -0.2) is 34.2 Å². The molecule has 0 radical (unpaired) electrons. The highest BCUT2D eigenvalue weighted by atomic mass is 35.5. The van der Waals surface area contributed by atoms with Gasteiger partial charge in [0.1, 0.15) is 0 Å². The zero-order valence-corrected chi connectivity index (χ0v) is 21.3. The van der Waals surface area contributed by atoms with Crippen molar-refractivity contribution in [1.29, 1.82) is 0 Å². The number of aliphatic hydroxyl groups excluding tert-OH is 1. The number of amides is 1. The van der Waals surface area contributed by atoms with Gasteiger partial charge in [0.05, 0.1) is 10.6 Å². The van der Waals surface area contributed by atoms with Crippen LogP contribution in [0, 0.1) is 5.82 Å². The molecule has 0 spiro atoms. The van der Waals surface area contributed by atoms with E-state index < -0.39 is 41.3 Å². The number of fused-ring (bicyclic) bond motifs is 1. The topological polar surface area (TPSA) is 123 Å². The van der Waals surface area contributed by atoms with Crippen molar-refractivity contribution >= 4 is 51.8 Å². The van der Waals surface area contributed by atoms with Gasteiger partial charge in [-0.25, -0.2) is 9.59 Å². The number of aryl methyl sites for hydroxylation is 1. The van der Waals surface area contributed by atoms with E-state index in [0.29, 0.717) is 17.7 Å². The number of unbranched alkanes of at least 4 members (excludes halogenated alkanes) is 2. The summed E-state index contributed by atoms with van der Waals surface area (Å²) in [6, 6.07) is 6.51. The van der Waals surface area contributed by atoms with Crippen molar-refractivity contribution in [2.45, 2.75) is 58.1 Å². The van der Waals surface area contributed by atoms with Gasteiger partial charge in [-0.15, -0.1) is 16.4 Å². The Morgan fingerprint density at radius 3 is 2.73 bits per heavy atom. The molecule has 2 aromatic heterocycles. The predicted molar refractivity (Wildman–Crippen MR) is 132 cm³/mol. The molecule has 0 bridgehead atoms. The maximum Gasteiger partial charge on any atom is 0.345 e. The lowest BCUT2D eigenvalue weighted by Gasteiger charge is -2.18. The highest BCUT2D eigenvalue weighted by Gasteiger charge is 2.32. The van der Waals surface area contributed by atoms with Crippen molar-refractivity contribution < 1.29 is 37.9 Å². The first-order valence-electron chi connectivity index (χ1n) is 11.6. The first-order valence-corrected chi connectivity index (χ1v) is 12.8. The zero-order valence-electron chi connectivity index (χ0n) is 19.8. The van der Waals surface area contributed by atoms with Gasteiger partial charge in [0, 0.05) is 41.3 Å². The van der Waals surface area contributed by atoms with Crippen LogP contribution in [0.3, 0.4) is 0 Å². The van der Waals surface area contributed by atoms with Crippen molar-refractivity contribution in [3.8, 4) is 16.2 Å². The number of benzene rings is 1. The Kier molecular flexibility index (Phi) is 8.25. The third-order valence-electron chi connectivity index (χ3n) is 5.68. The van der Waals surface area contributed by atoms with E-state index in [4.69, 9.17) is 25.6 Å². The number of ether oxygens (including phenoxy) is 1. The van der Waals surface area contributed by atoms with Crippen LogP contribution in [0.4, 0.5) is 4.39 Å². The molecule has 196 valence electrons. The third kappa shape index (κ3) is 6.17. The summed E-state index contributed by atoms with van der Waals surface area (Å²) in [6.45, 7) is 1.10. The number of nitrogens with zero attached hydrogens (tertiary/aromatic N) is 1. The lowest BCUT2D eigenvalue weighted by atomic mass is 10.1. The molecule has 1 fully saturated rings. The normalized spacial score (nSPS) is 15.4. The molecule has 1 aromatic carbocycles. The summed E-state index contributed by atoms with van der Waals surface area (Å²) in [6.07, 6.45) is 2.24. The molecule has 3 aromatic rings. The van der Waals surface area contributed by atoms with E-state index in [9.17, 15) is 28.7 Å². The largest absolute Gasteiger partial charge is 0.422 e. The standard InChI is InChI=1S/C25H23ClFNO8S/c1-13(29)34-24-17(26)12-14-11-16(25(33)35-23(14)22(24)27)18-8-7-15(37-18)5-3-2-4-6-21(32)36-28-19(30)9-10-20(28)31/h7-8,11-12,19,30H,2-6,9-10H2,1H3. The molecule has 1 aliphatic rings. The Balaban J connectivity index is 1.34. The molecule has 1 N–H and O–H groups in total. The minimum Gasteiger partial charge on any atom is -0.422 e. The quantitative estimate of drug-likeness (QED) is 0.175. The van der Waals surface area contributed by atoms with E-state index in [1.807, 2.05) is 6.07 Å². The van der Waals surface area contributed by atoms with Gasteiger partial charge < -0.3 is 19.1 Å². The Labute approximate surface area is 219 Å². The highest BCUT2D eigenvalue weighted by molar-refractivity contribution is 7.15. The first-order chi connectivity index (χ1) is 17.6. The predicted octanol–water partition coefficient (Wildman–Crippen LogP) is 4.74. The average Bonchev–Trinajstić information content (AvgIpc) is 3.43. The molecular weight excluding hydrogens is 529 g/mol. The smallest absolute Gasteiger partial charge is 0.345 e. The maximum absolute atomic E-state index is 14.7. The monoisotopic (exact) mass is 551 g/mol. The number of hydrogen-bond acceptors (Lipinski definition) is 9. The summed E-state index contributed by atoms with van der Waals surface area (Å²) >= 11 is 7.46. The molecule has 1 aliphatic heterocycles. The molecule has 3 heterocycles. The SMILES string of the molecule is CC(=O)Oc1c(Cl)cc2cc(-c3ccc(CCCCCC(=O)ON4C(=O)CCC4O)s3)c(=O)oc2c1F. The maximum atomic E-state index is 14.7. The number of rotatable bonds is 9. The number of hydroxylamine groups is 2. The van der Waals surface area contributed by atoms with Gasteiger partial charge in [-0.05, 0) is 43.5 Å². The number of halogens is 2. The molecule has 9 nitrogen and oxygen atoms in total. The fraction of sp³-hybridized carbons (Fsp3) is 0.360. The molecule has 1 atom stereocenters. The number of hydrogen-bond donors (Lipinski definition) is 1. The Hall–Kier alpha value is -3.28. The molecule has 1 amide bonds. The van der Waals surface area contributed by atoms with Crippen LogP contribution in [0.25, 0.3) is 21.4 Å². The second-order valence-electron chi connectivity index (χ2n) is 8.49. The summed E-state index contributed by atoms with van der Waals surface area (Å²) in [5.74, 6) is -3.25. The number of thiophene rings is 1. The van der Waals surface area contributed by atoms with Crippen LogP contribution in [0.1, 0.15) is 50.3 Å². The second kappa shape index (κ2) is 11.4. The Morgan fingerprint density at radius 2 is 2.03 bits per heavy atom. The third-order valence-corrected chi connectivity index (χ3v) is 7.14. The van der Waals surface area contributed by atoms with Gasteiger partial charge >= 0.3 is 17.6 Å². The van der Waals surface area contributed by atoms with Gasteiger partial charge in [-0.3, -0.25) is 9.59 Å². The van der Waals surface area contributed by atoms with E-state index in [-0.39, 0.29) is 40.8 Å². The second-order valence-corrected chi connectivity index (χ2v) is 10.1. The van der Waals surface area contributed by atoms with E-state index in [1.165, 1.54) is 23.5 Å². The van der Waals surface area contributed by atoms with Crippen molar-refractivity contribution in [1.82, 2.24) is 5.06 Å². The summed E-state index contributed by atoms with van der Waals surface area (Å²) in [4.78, 5) is 53.8. The molecule has 4 rings (SSSR count). The molecule has 1 saturated heterocycles. The van der Waals surface area contributed by atoms with Crippen LogP contribution >= 0.6 is 22.9 Å². The molecule has 0 saturated carbocycles. The van der Waals surface area contributed by atoms with Crippen molar-refractivity contribution in [2.75, 3.05) is 0 Å². The zero-order chi connectivity index (χ0) is 26.7. The van der Waals surface area contributed by atoms with E-state index in [2.05, 4.69) is 0 Å². The van der Waals surface area contributed by atoms with Gasteiger partial charge in [0.2, 0.25) is 5.82 Å². The van der Waals surface area contributed by atoms with Gasteiger partial charge in [-0.1, -0.05) is 18.0 Å². The average molecular weight is 552 g/mol. The van der Waals surface area contributed by atoms with E-state index >= 15 is 0 Å². The van der Waals surface area contributed by atoms with Gasteiger partial charge in [-0.2, -0.15) is 4.39 Å². The number of carbonyl (C=O) groups is 3. The summed E-state index contributed by atoms with van der Waals surface area (Å²) < 4.78 is 24.7. The van der Waals surface area contributed by atoms with Crippen LogP contribution in [-0.2, 0) is 25.6 Å². The molecule has 12 heteroatoms. The van der Waals surface area contributed by atoms with Crippen molar-refractivity contribution in [3.05, 3.63) is 50.4 Å². The first kappa shape index (κ1) is 26.8. The number of carbonyl (C=O) groups excluding carboxylic acids is 3. The minimum atomic E-state index is -1.08. The van der Waals surface area contributed by atoms with E-state index in [1.54, 1.807) is 6.07 Å². The van der Waals surface area contributed by atoms with Crippen LogP contribution in [0.5, 0.6) is 5.75 Å². The summed E-state index contributed by atoms with van der Waals surface area (Å²) in [7, 11) is 0. The number of aliphatic hydroxyl groups is 1. The minimum absolute atomic E-state index is 0.126. The molecule has 0 aliphatic carbocycles. The fourth-order valence-corrected chi connectivity index (χ4v) is 5.19. The molecular formula is C25H23ClFNO8S. The Bertz CT molecular complexity index is 1420.